The average molecular weight is 282 g/mol. The summed E-state index contributed by atoms with van der Waals surface area (Å²) in [4.78, 5) is 4.26. The van der Waals surface area contributed by atoms with E-state index in [9.17, 15) is 4.39 Å². The second kappa shape index (κ2) is 5.27. The van der Waals surface area contributed by atoms with E-state index >= 15 is 0 Å². The van der Waals surface area contributed by atoms with E-state index in [-0.39, 0.29) is 10.8 Å². The molecule has 1 aromatic heterocycles. The molecular formula is C13H13ClFN3O. The molecule has 2 aromatic rings. The van der Waals surface area contributed by atoms with Gasteiger partial charge in [0.15, 0.2) is 0 Å². The smallest absolute Gasteiger partial charge is 0.228 e. The molecule has 1 saturated carbocycles. The van der Waals surface area contributed by atoms with E-state index in [0.717, 1.165) is 6.54 Å². The fourth-order valence-corrected chi connectivity index (χ4v) is 2.06. The highest BCUT2D eigenvalue weighted by molar-refractivity contribution is 6.33. The van der Waals surface area contributed by atoms with Crippen molar-refractivity contribution >= 4 is 11.6 Å². The highest BCUT2D eigenvalue weighted by Gasteiger charge is 2.20. The highest BCUT2D eigenvalue weighted by Crippen LogP contribution is 2.26. The molecule has 1 N–H and O–H groups in total. The minimum Gasteiger partial charge on any atom is -0.339 e. The zero-order chi connectivity index (χ0) is 13.2. The van der Waals surface area contributed by atoms with Crippen LogP contribution >= 0.6 is 11.6 Å². The molecule has 1 aliphatic carbocycles. The van der Waals surface area contributed by atoms with Crippen LogP contribution in [0.3, 0.4) is 0 Å². The largest absolute Gasteiger partial charge is 0.339 e. The maximum absolute atomic E-state index is 13.0. The fraction of sp³-hybridized carbons (Fsp3) is 0.385. The van der Waals surface area contributed by atoms with E-state index in [4.69, 9.17) is 16.1 Å². The van der Waals surface area contributed by atoms with Crippen molar-refractivity contribution in [3.8, 4) is 11.4 Å². The Morgan fingerprint density at radius 3 is 3.00 bits per heavy atom. The van der Waals surface area contributed by atoms with Crippen LogP contribution in [0.1, 0.15) is 18.7 Å². The zero-order valence-corrected chi connectivity index (χ0v) is 11.0. The Kier molecular flexibility index (Phi) is 3.48. The van der Waals surface area contributed by atoms with Gasteiger partial charge >= 0.3 is 0 Å². The Morgan fingerprint density at radius 1 is 1.42 bits per heavy atom. The number of hydrogen-bond donors (Lipinski definition) is 1. The first-order valence-electron chi connectivity index (χ1n) is 6.24. The highest BCUT2D eigenvalue weighted by atomic mass is 35.5. The van der Waals surface area contributed by atoms with Gasteiger partial charge in [-0.2, -0.15) is 4.98 Å². The Hall–Kier alpha value is -1.46. The van der Waals surface area contributed by atoms with Crippen molar-refractivity contribution < 1.29 is 8.91 Å². The first-order valence-corrected chi connectivity index (χ1v) is 6.61. The zero-order valence-electron chi connectivity index (χ0n) is 10.2. The number of nitrogens with zero attached hydrogens (tertiary/aromatic N) is 2. The summed E-state index contributed by atoms with van der Waals surface area (Å²) in [5.41, 5.74) is 0.577. The molecule has 1 fully saturated rings. The lowest BCUT2D eigenvalue weighted by Crippen LogP contribution is -2.19. The molecule has 0 radical (unpaired) electrons. The Morgan fingerprint density at radius 2 is 2.26 bits per heavy atom. The van der Waals surface area contributed by atoms with Gasteiger partial charge in [-0.25, -0.2) is 4.39 Å². The number of hydrogen-bond acceptors (Lipinski definition) is 4. The second-order valence-electron chi connectivity index (χ2n) is 4.61. The molecule has 1 aliphatic rings. The van der Waals surface area contributed by atoms with E-state index in [1.807, 2.05) is 0 Å². The molecule has 0 spiro atoms. The number of nitrogens with one attached hydrogen (secondary N) is 1. The van der Waals surface area contributed by atoms with Crippen molar-refractivity contribution in [3.05, 3.63) is 34.9 Å². The third-order valence-corrected chi connectivity index (χ3v) is 3.30. The molecule has 3 rings (SSSR count). The molecule has 19 heavy (non-hydrogen) atoms. The number of halogens is 2. The number of aromatic nitrogens is 2. The van der Waals surface area contributed by atoms with Crippen LogP contribution in [0, 0.1) is 5.82 Å². The first kappa shape index (κ1) is 12.6. The van der Waals surface area contributed by atoms with E-state index in [1.165, 1.54) is 25.0 Å². The van der Waals surface area contributed by atoms with E-state index in [0.29, 0.717) is 29.7 Å². The maximum Gasteiger partial charge on any atom is 0.228 e. The summed E-state index contributed by atoms with van der Waals surface area (Å²) in [6.45, 7) is 0.823. The molecule has 0 atom stereocenters. The molecule has 6 heteroatoms. The summed E-state index contributed by atoms with van der Waals surface area (Å²) in [6, 6.07) is 4.77. The van der Waals surface area contributed by atoms with Crippen LogP contribution in [-0.2, 0) is 6.42 Å². The Balaban J connectivity index is 1.68. The van der Waals surface area contributed by atoms with Crippen LogP contribution in [0.4, 0.5) is 4.39 Å². The monoisotopic (exact) mass is 281 g/mol. The molecule has 0 amide bonds. The lowest BCUT2D eigenvalue weighted by Gasteiger charge is -1.98. The van der Waals surface area contributed by atoms with Gasteiger partial charge in [0.05, 0.1) is 5.02 Å². The van der Waals surface area contributed by atoms with E-state index in [1.54, 1.807) is 6.07 Å². The van der Waals surface area contributed by atoms with Crippen LogP contribution in [0.5, 0.6) is 0 Å². The molecule has 100 valence electrons. The van der Waals surface area contributed by atoms with Crippen LogP contribution < -0.4 is 5.32 Å². The Labute approximate surface area is 115 Å². The summed E-state index contributed by atoms with van der Waals surface area (Å²) >= 11 is 5.95. The molecular weight excluding hydrogens is 269 g/mol. The van der Waals surface area contributed by atoms with E-state index in [2.05, 4.69) is 15.5 Å². The minimum atomic E-state index is -0.383. The SMILES string of the molecule is Fc1ccc(-c2noc(CCNC3CC3)n2)c(Cl)c1. The molecule has 1 heterocycles. The van der Waals surface area contributed by atoms with Gasteiger partial charge in [-0.1, -0.05) is 16.8 Å². The first-order chi connectivity index (χ1) is 9.22. The van der Waals surface area contributed by atoms with Crippen molar-refractivity contribution in [2.24, 2.45) is 0 Å². The van der Waals surface area contributed by atoms with E-state index < -0.39 is 0 Å². The van der Waals surface area contributed by atoms with Crippen molar-refractivity contribution in [2.45, 2.75) is 25.3 Å². The van der Waals surface area contributed by atoms with Crippen LogP contribution in [-0.4, -0.2) is 22.7 Å². The fourth-order valence-electron chi connectivity index (χ4n) is 1.81. The maximum atomic E-state index is 13.0. The molecule has 0 unspecified atom stereocenters. The second-order valence-corrected chi connectivity index (χ2v) is 5.02. The predicted molar refractivity (Wildman–Crippen MR) is 69.4 cm³/mol. The van der Waals surface area contributed by atoms with Gasteiger partial charge < -0.3 is 9.84 Å². The summed E-state index contributed by atoms with van der Waals surface area (Å²) in [7, 11) is 0. The molecule has 0 aliphatic heterocycles. The number of rotatable bonds is 5. The third-order valence-electron chi connectivity index (χ3n) is 2.99. The van der Waals surface area contributed by atoms with Gasteiger partial charge in [-0.15, -0.1) is 0 Å². The summed E-state index contributed by atoms with van der Waals surface area (Å²) in [5.74, 6) is 0.570. The van der Waals surface area contributed by atoms with Gasteiger partial charge in [-0.05, 0) is 31.0 Å². The standard InChI is InChI=1S/C13H13ClFN3O/c14-11-7-8(15)1-4-10(11)13-17-12(19-18-13)5-6-16-9-2-3-9/h1,4,7,9,16H,2-3,5-6H2. The third kappa shape index (κ3) is 3.11. The van der Waals surface area contributed by atoms with Gasteiger partial charge in [-0.3, -0.25) is 0 Å². The Bertz CT molecular complexity index is 583. The van der Waals surface area contributed by atoms with Gasteiger partial charge in [0.2, 0.25) is 11.7 Å². The molecule has 4 nitrogen and oxygen atoms in total. The molecule has 1 aromatic carbocycles. The van der Waals surface area contributed by atoms with Crippen molar-refractivity contribution in [1.29, 1.82) is 0 Å². The molecule has 0 bridgehead atoms. The van der Waals surface area contributed by atoms with Crippen LogP contribution in [0.2, 0.25) is 5.02 Å². The summed E-state index contributed by atoms with van der Waals surface area (Å²) in [6.07, 6.45) is 3.18. The number of benzene rings is 1. The lowest BCUT2D eigenvalue weighted by molar-refractivity contribution is 0.376. The topological polar surface area (TPSA) is 51.0 Å². The summed E-state index contributed by atoms with van der Waals surface area (Å²) in [5, 5.41) is 7.52. The van der Waals surface area contributed by atoms with Crippen molar-refractivity contribution in [1.82, 2.24) is 15.5 Å². The molecule has 0 saturated heterocycles. The van der Waals surface area contributed by atoms with Crippen LogP contribution in [0.15, 0.2) is 22.7 Å². The lowest BCUT2D eigenvalue weighted by atomic mass is 10.2. The van der Waals surface area contributed by atoms with Crippen molar-refractivity contribution in [3.63, 3.8) is 0 Å². The summed E-state index contributed by atoms with van der Waals surface area (Å²) < 4.78 is 18.1. The van der Waals surface area contributed by atoms with Gasteiger partial charge in [0, 0.05) is 24.6 Å². The average Bonchev–Trinajstić information content (AvgIpc) is 3.07. The minimum absolute atomic E-state index is 0.281. The normalized spacial score (nSPS) is 14.8. The quantitative estimate of drug-likeness (QED) is 0.916. The van der Waals surface area contributed by atoms with Crippen LogP contribution in [0.25, 0.3) is 11.4 Å². The van der Waals surface area contributed by atoms with Gasteiger partial charge in [0.1, 0.15) is 5.82 Å². The van der Waals surface area contributed by atoms with Crippen molar-refractivity contribution in [2.75, 3.05) is 6.54 Å². The predicted octanol–water partition coefficient (Wildman–Crippen LogP) is 2.82. The van der Waals surface area contributed by atoms with Gasteiger partial charge in [0.25, 0.3) is 0 Å².